The van der Waals surface area contributed by atoms with Crippen molar-refractivity contribution in [1.82, 2.24) is 24.0 Å². The van der Waals surface area contributed by atoms with Gasteiger partial charge in [0, 0.05) is 24.0 Å². The first-order valence-corrected chi connectivity index (χ1v) is 11.0. The molecule has 164 valence electrons. The number of aromatic nitrogens is 5. The van der Waals surface area contributed by atoms with Crippen molar-refractivity contribution in [3.63, 3.8) is 0 Å². The summed E-state index contributed by atoms with van der Waals surface area (Å²) in [5, 5.41) is 14.7. The number of anilines is 1. The third-order valence-electron chi connectivity index (χ3n) is 5.91. The molecule has 33 heavy (non-hydrogen) atoms. The van der Waals surface area contributed by atoms with Gasteiger partial charge < -0.3 is 9.51 Å². The number of benzene rings is 1. The van der Waals surface area contributed by atoms with Gasteiger partial charge in [-0.05, 0) is 42.0 Å². The van der Waals surface area contributed by atoms with Crippen LogP contribution in [0.2, 0.25) is 5.15 Å². The highest BCUT2D eigenvalue weighted by atomic mass is 35.5. The number of fused-ring (bicyclic) bond motifs is 2. The lowest BCUT2D eigenvalue weighted by molar-refractivity contribution is 0.201. The Morgan fingerprint density at radius 1 is 1.12 bits per heavy atom. The number of rotatable bonds is 5. The second-order valence-electron chi connectivity index (χ2n) is 8.19. The molecule has 0 radical (unpaired) electrons. The molecule has 1 amide bonds. The van der Waals surface area contributed by atoms with Crippen molar-refractivity contribution >= 4 is 34.8 Å². The van der Waals surface area contributed by atoms with Crippen molar-refractivity contribution in [3.05, 3.63) is 83.5 Å². The van der Waals surface area contributed by atoms with Crippen LogP contribution in [0.25, 0.3) is 22.4 Å². The summed E-state index contributed by atoms with van der Waals surface area (Å²) in [5.41, 5.74) is 5.10. The summed E-state index contributed by atoms with van der Waals surface area (Å²) in [5.74, 6) is 0.753. The number of halogens is 1. The van der Waals surface area contributed by atoms with Crippen LogP contribution in [0.15, 0.2) is 67.1 Å². The molecule has 4 heterocycles. The third-order valence-corrected chi connectivity index (χ3v) is 6.10. The van der Waals surface area contributed by atoms with E-state index < -0.39 is 6.09 Å². The molecule has 1 aliphatic rings. The van der Waals surface area contributed by atoms with Crippen LogP contribution in [0.1, 0.15) is 30.0 Å². The molecule has 0 saturated heterocycles. The van der Waals surface area contributed by atoms with E-state index in [-0.39, 0.29) is 11.7 Å². The molecule has 0 atom stereocenters. The summed E-state index contributed by atoms with van der Waals surface area (Å²) in [7, 11) is 0. The van der Waals surface area contributed by atoms with Crippen molar-refractivity contribution in [3.8, 4) is 11.1 Å². The number of pyridine rings is 1. The highest BCUT2D eigenvalue weighted by Crippen LogP contribution is 2.42. The maximum atomic E-state index is 12.3. The van der Waals surface area contributed by atoms with Crippen LogP contribution < -0.4 is 4.90 Å². The molecule has 0 unspecified atom stereocenters. The lowest BCUT2D eigenvalue weighted by atomic mass is 10.1. The normalized spacial score (nSPS) is 13.6. The zero-order valence-corrected chi connectivity index (χ0v) is 18.2. The highest BCUT2D eigenvalue weighted by molar-refractivity contribution is 6.29. The van der Waals surface area contributed by atoms with Crippen LogP contribution in [0.4, 0.5) is 10.6 Å². The minimum atomic E-state index is -1.12. The number of carbonyl (C=O) groups is 1. The van der Waals surface area contributed by atoms with Gasteiger partial charge in [-0.2, -0.15) is 9.61 Å². The van der Waals surface area contributed by atoms with Crippen molar-refractivity contribution in [2.75, 3.05) is 4.90 Å². The van der Waals surface area contributed by atoms with E-state index in [2.05, 4.69) is 15.1 Å². The molecule has 1 N–H and O–H groups in total. The fourth-order valence-electron chi connectivity index (χ4n) is 4.14. The SMILES string of the molecule is O=C(O)N(Cc1cn2ccc(-c3ccccc3)cc2n1)c1cc(Cl)nc2c(C3CC3)cnn12. The summed E-state index contributed by atoms with van der Waals surface area (Å²) in [6.45, 7) is 0.0474. The number of hydrogen-bond donors (Lipinski definition) is 1. The highest BCUT2D eigenvalue weighted by Gasteiger charge is 2.29. The number of nitrogens with zero attached hydrogens (tertiary/aromatic N) is 6. The van der Waals surface area contributed by atoms with Crippen LogP contribution in [0.5, 0.6) is 0 Å². The monoisotopic (exact) mass is 458 g/mol. The fraction of sp³-hybridized carbons (Fsp3) is 0.167. The van der Waals surface area contributed by atoms with Gasteiger partial charge in [0.15, 0.2) is 5.65 Å². The molecule has 0 spiro atoms. The lowest BCUT2D eigenvalue weighted by Gasteiger charge is -2.19. The lowest BCUT2D eigenvalue weighted by Crippen LogP contribution is -2.30. The first kappa shape index (κ1) is 19.8. The minimum absolute atomic E-state index is 0.0474. The predicted molar refractivity (Wildman–Crippen MR) is 125 cm³/mol. The Balaban J connectivity index is 1.38. The first-order chi connectivity index (χ1) is 16.1. The average molecular weight is 459 g/mol. The minimum Gasteiger partial charge on any atom is -0.465 e. The molecule has 1 saturated carbocycles. The quantitative estimate of drug-likeness (QED) is 0.363. The Labute approximate surface area is 193 Å². The molecule has 9 heteroatoms. The Hall–Kier alpha value is -3.91. The first-order valence-electron chi connectivity index (χ1n) is 10.6. The van der Waals surface area contributed by atoms with Gasteiger partial charge in [-0.15, -0.1) is 0 Å². The Morgan fingerprint density at radius 2 is 1.94 bits per heavy atom. The van der Waals surface area contributed by atoms with Crippen LogP contribution >= 0.6 is 11.6 Å². The van der Waals surface area contributed by atoms with Gasteiger partial charge in [0.25, 0.3) is 0 Å². The largest absolute Gasteiger partial charge is 0.465 e. The van der Waals surface area contributed by atoms with E-state index in [0.717, 1.165) is 35.2 Å². The second-order valence-corrected chi connectivity index (χ2v) is 8.58. The molecule has 4 aromatic heterocycles. The molecule has 8 nitrogen and oxygen atoms in total. The van der Waals surface area contributed by atoms with Crippen LogP contribution in [-0.4, -0.2) is 35.2 Å². The Kier molecular flexibility index (Phi) is 4.55. The summed E-state index contributed by atoms with van der Waals surface area (Å²) in [6.07, 6.45) is 6.56. The van der Waals surface area contributed by atoms with E-state index in [9.17, 15) is 9.90 Å². The number of hydrogen-bond acceptors (Lipinski definition) is 4. The van der Waals surface area contributed by atoms with E-state index in [1.807, 2.05) is 59.3 Å². The zero-order valence-electron chi connectivity index (χ0n) is 17.5. The standard InChI is InChI=1S/C24H19ClN6O2/c25-20-11-22(31-23(28-20)19(12-26-31)16-6-7-16)30(24(32)33)14-18-13-29-9-8-17(10-21(29)27-18)15-4-2-1-3-5-15/h1-5,8-13,16H,6-7,14H2,(H,32,33). The Bertz CT molecular complexity index is 1510. The number of amides is 1. The maximum Gasteiger partial charge on any atom is 0.413 e. The molecular formula is C24H19ClN6O2. The number of carboxylic acid groups (broad SMARTS) is 1. The fourth-order valence-corrected chi connectivity index (χ4v) is 4.32. The van der Waals surface area contributed by atoms with Crippen LogP contribution in [0.3, 0.4) is 0 Å². The molecule has 1 fully saturated rings. The average Bonchev–Trinajstić information content (AvgIpc) is 3.44. The van der Waals surface area contributed by atoms with Gasteiger partial charge in [0.1, 0.15) is 16.6 Å². The van der Waals surface area contributed by atoms with Crippen molar-refractivity contribution < 1.29 is 9.90 Å². The van der Waals surface area contributed by atoms with E-state index in [0.29, 0.717) is 23.1 Å². The molecule has 1 aromatic carbocycles. The van der Waals surface area contributed by atoms with E-state index in [1.54, 1.807) is 10.7 Å². The van der Waals surface area contributed by atoms with E-state index >= 15 is 0 Å². The number of imidazole rings is 1. The molecule has 0 bridgehead atoms. The van der Waals surface area contributed by atoms with E-state index in [1.165, 1.54) is 11.0 Å². The van der Waals surface area contributed by atoms with Crippen LogP contribution in [0, 0.1) is 0 Å². The van der Waals surface area contributed by atoms with Gasteiger partial charge in [0.05, 0.1) is 18.4 Å². The Morgan fingerprint density at radius 3 is 2.70 bits per heavy atom. The molecule has 5 aromatic rings. The summed E-state index contributed by atoms with van der Waals surface area (Å²) < 4.78 is 3.44. The molecule has 6 rings (SSSR count). The van der Waals surface area contributed by atoms with Gasteiger partial charge in [0.2, 0.25) is 0 Å². The molecule has 1 aliphatic carbocycles. The smallest absolute Gasteiger partial charge is 0.413 e. The summed E-state index contributed by atoms with van der Waals surface area (Å²) in [6, 6.07) is 15.6. The van der Waals surface area contributed by atoms with Crippen molar-refractivity contribution in [2.45, 2.75) is 25.3 Å². The topological polar surface area (TPSA) is 88.0 Å². The third kappa shape index (κ3) is 3.58. The zero-order chi connectivity index (χ0) is 22.5. The van der Waals surface area contributed by atoms with Crippen LogP contribution in [-0.2, 0) is 6.54 Å². The second kappa shape index (κ2) is 7.60. The van der Waals surface area contributed by atoms with Gasteiger partial charge in [-0.3, -0.25) is 4.90 Å². The van der Waals surface area contributed by atoms with E-state index in [4.69, 9.17) is 11.6 Å². The van der Waals surface area contributed by atoms with Crippen molar-refractivity contribution in [1.29, 1.82) is 0 Å². The molecule has 0 aliphatic heterocycles. The van der Waals surface area contributed by atoms with Gasteiger partial charge in [-0.25, -0.2) is 14.8 Å². The maximum absolute atomic E-state index is 12.3. The summed E-state index contributed by atoms with van der Waals surface area (Å²) in [4.78, 5) is 22.5. The van der Waals surface area contributed by atoms with Gasteiger partial charge >= 0.3 is 6.09 Å². The molecular weight excluding hydrogens is 440 g/mol. The van der Waals surface area contributed by atoms with Crippen molar-refractivity contribution in [2.24, 2.45) is 0 Å². The summed E-state index contributed by atoms with van der Waals surface area (Å²) >= 11 is 6.28. The predicted octanol–water partition coefficient (Wildman–Crippen LogP) is 5.26. The van der Waals surface area contributed by atoms with Gasteiger partial charge in [-0.1, -0.05) is 41.9 Å².